The minimum Gasteiger partial charge on any atom is -0.390 e. The highest BCUT2D eigenvalue weighted by Gasteiger charge is 2.25. The highest BCUT2D eigenvalue weighted by Crippen LogP contribution is 2.36. The molecule has 0 aliphatic heterocycles. The summed E-state index contributed by atoms with van der Waals surface area (Å²) in [5.74, 6) is 0.264. The summed E-state index contributed by atoms with van der Waals surface area (Å²) >= 11 is 7.58. The number of aliphatic hydroxyl groups excluding tert-OH is 1. The van der Waals surface area contributed by atoms with E-state index in [4.69, 9.17) is 11.6 Å². The second-order valence-corrected chi connectivity index (χ2v) is 7.67. The van der Waals surface area contributed by atoms with Gasteiger partial charge in [-0.1, -0.05) is 35.9 Å². The van der Waals surface area contributed by atoms with Crippen LogP contribution in [0.4, 0.5) is 0 Å². The van der Waals surface area contributed by atoms with Crippen LogP contribution in [-0.2, 0) is 12.2 Å². The maximum Gasteiger partial charge on any atom is 0.194 e. The lowest BCUT2D eigenvalue weighted by molar-refractivity contribution is 0.0822. The number of rotatable bonds is 3. The largest absolute Gasteiger partial charge is 0.390 e. The van der Waals surface area contributed by atoms with Gasteiger partial charge in [0.15, 0.2) is 4.96 Å². The Hall–Kier alpha value is -1.14. The van der Waals surface area contributed by atoms with Crippen molar-refractivity contribution in [2.24, 2.45) is 5.92 Å². The second-order valence-electron chi connectivity index (χ2n) is 6.22. The van der Waals surface area contributed by atoms with Crippen LogP contribution in [0.5, 0.6) is 0 Å². The van der Waals surface area contributed by atoms with Crippen molar-refractivity contribution in [1.82, 2.24) is 9.38 Å². The molecule has 2 heterocycles. The van der Waals surface area contributed by atoms with Crippen LogP contribution in [-0.4, -0.2) is 19.6 Å². The average Bonchev–Trinajstić information content (AvgIpc) is 2.98. The zero-order valence-corrected chi connectivity index (χ0v) is 14.4. The Bertz CT molecular complexity index is 780. The average molecular weight is 339 g/mol. The molecule has 0 aromatic carbocycles. The van der Waals surface area contributed by atoms with E-state index in [0.29, 0.717) is 0 Å². The lowest BCUT2D eigenvalue weighted by atomic mass is 9.93. The maximum absolute atomic E-state index is 10.1. The molecule has 1 unspecified atom stereocenters. The summed E-state index contributed by atoms with van der Waals surface area (Å²) in [4.78, 5) is 6.28. The Morgan fingerprint density at radius 3 is 2.77 bits per heavy atom. The maximum atomic E-state index is 10.1. The van der Waals surface area contributed by atoms with Crippen molar-refractivity contribution in [3.63, 3.8) is 0 Å². The third-order valence-electron chi connectivity index (χ3n) is 3.92. The number of allylic oxidation sites excluding steroid dienone is 4. The first-order chi connectivity index (χ1) is 10.3. The summed E-state index contributed by atoms with van der Waals surface area (Å²) in [7, 11) is 0. The predicted molar refractivity (Wildman–Crippen MR) is 89.9 cm³/mol. The van der Waals surface area contributed by atoms with E-state index in [1.807, 2.05) is 22.7 Å². The normalized spacial score (nSPS) is 19.5. The molecule has 2 aromatic rings. The molecule has 3 rings (SSSR count). The monoisotopic (exact) mass is 338 g/mol. The fraction of sp³-hybridized carbons (Fsp3) is 0.438. The van der Waals surface area contributed by atoms with Crippen molar-refractivity contribution < 1.29 is 10.2 Å². The fourth-order valence-electron chi connectivity index (χ4n) is 2.60. The van der Waals surface area contributed by atoms with Crippen LogP contribution in [0, 0.1) is 5.92 Å². The number of aliphatic hydroxyl groups is 2. The first-order valence-electron chi connectivity index (χ1n) is 7.22. The Labute approximate surface area is 138 Å². The molecule has 2 N–H and O–H groups in total. The molecule has 0 saturated heterocycles. The minimum absolute atomic E-state index is 0.0955. The third kappa shape index (κ3) is 2.63. The molecule has 4 nitrogen and oxygen atoms in total. The van der Waals surface area contributed by atoms with Gasteiger partial charge >= 0.3 is 0 Å². The molecule has 0 bridgehead atoms. The Morgan fingerprint density at radius 2 is 2.18 bits per heavy atom. The summed E-state index contributed by atoms with van der Waals surface area (Å²) in [6, 6.07) is 0. The lowest BCUT2D eigenvalue weighted by Gasteiger charge is -2.17. The van der Waals surface area contributed by atoms with Gasteiger partial charge in [0.25, 0.3) is 0 Å². The number of aromatic nitrogens is 2. The summed E-state index contributed by atoms with van der Waals surface area (Å²) in [6.07, 6.45) is 6.55. The molecule has 0 fully saturated rings. The Kier molecular flexibility index (Phi) is 3.93. The van der Waals surface area contributed by atoms with Crippen molar-refractivity contribution in [3.05, 3.63) is 39.6 Å². The fourth-order valence-corrected chi connectivity index (χ4v) is 3.74. The van der Waals surface area contributed by atoms with E-state index in [2.05, 4.69) is 11.9 Å². The van der Waals surface area contributed by atoms with E-state index in [1.165, 1.54) is 11.3 Å². The quantitative estimate of drug-likeness (QED) is 0.897. The number of hydrogen-bond acceptors (Lipinski definition) is 4. The van der Waals surface area contributed by atoms with E-state index in [9.17, 15) is 10.2 Å². The van der Waals surface area contributed by atoms with Crippen LogP contribution in [0.25, 0.3) is 10.5 Å². The van der Waals surface area contributed by atoms with Gasteiger partial charge < -0.3 is 10.2 Å². The molecule has 1 aliphatic carbocycles. The number of imidazole rings is 1. The summed E-state index contributed by atoms with van der Waals surface area (Å²) in [5, 5.41) is 20.8. The highest BCUT2D eigenvalue weighted by molar-refractivity contribution is 7.17. The molecule has 1 atom stereocenters. The molecule has 0 saturated carbocycles. The van der Waals surface area contributed by atoms with Crippen molar-refractivity contribution >= 4 is 33.5 Å². The van der Waals surface area contributed by atoms with Crippen LogP contribution in [0.1, 0.15) is 43.5 Å². The molecule has 0 amide bonds. The van der Waals surface area contributed by atoms with Crippen LogP contribution >= 0.6 is 22.9 Å². The smallest absolute Gasteiger partial charge is 0.194 e. The van der Waals surface area contributed by atoms with Crippen LogP contribution < -0.4 is 0 Å². The molecule has 22 heavy (non-hydrogen) atoms. The molecule has 0 spiro atoms. The van der Waals surface area contributed by atoms with Crippen molar-refractivity contribution in [1.29, 1.82) is 0 Å². The third-order valence-corrected chi connectivity index (χ3v) is 5.72. The van der Waals surface area contributed by atoms with Crippen molar-refractivity contribution in [3.8, 4) is 0 Å². The van der Waals surface area contributed by atoms with E-state index >= 15 is 0 Å². The number of thiazole rings is 1. The number of nitrogens with zero attached hydrogens (tertiary/aromatic N) is 2. The number of halogens is 1. The van der Waals surface area contributed by atoms with Crippen LogP contribution in [0.15, 0.2) is 23.4 Å². The van der Waals surface area contributed by atoms with Gasteiger partial charge in [0.05, 0.1) is 28.5 Å². The van der Waals surface area contributed by atoms with Gasteiger partial charge in [-0.15, -0.1) is 0 Å². The first-order valence-corrected chi connectivity index (χ1v) is 8.41. The van der Waals surface area contributed by atoms with E-state index in [0.717, 1.165) is 38.3 Å². The zero-order chi connectivity index (χ0) is 16.1. The van der Waals surface area contributed by atoms with E-state index in [-0.39, 0.29) is 12.5 Å². The van der Waals surface area contributed by atoms with Crippen molar-refractivity contribution in [2.75, 3.05) is 0 Å². The molecule has 6 heteroatoms. The molecular weight excluding hydrogens is 320 g/mol. The summed E-state index contributed by atoms with van der Waals surface area (Å²) in [6.45, 7) is 5.48. The van der Waals surface area contributed by atoms with Crippen LogP contribution in [0.2, 0.25) is 0 Å². The highest BCUT2D eigenvalue weighted by atomic mass is 35.5. The van der Waals surface area contributed by atoms with Gasteiger partial charge in [0.2, 0.25) is 0 Å². The van der Waals surface area contributed by atoms with Crippen molar-refractivity contribution in [2.45, 2.75) is 39.4 Å². The second kappa shape index (κ2) is 5.49. The van der Waals surface area contributed by atoms with Gasteiger partial charge in [0, 0.05) is 11.2 Å². The number of fused-ring (bicyclic) bond motifs is 1. The van der Waals surface area contributed by atoms with Crippen LogP contribution in [0.3, 0.4) is 0 Å². The topological polar surface area (TPSA) is 57.8 Å². The number of hydrogen-bond donors (Lipinski definition) is 2. The first kappa shape index (κ1) is 15.7. The van der Waals surface area contributed by atoms with Gasteiger partial charge in [-0.05, 0) is 37.8 Å². The Balaban J connectivity index is 2.10. The summed E-state index contributed by atoms with van der Waals surface area (Å²) < 4.78 is 1.87. The van der Waals surface area contributed by atoms with Gasteiger partial charge in [-0.25, -0.2) is 4.98 Å². The predicted octanol–water partition coefficient (Wildman–Crippen LogP) is 3.66. The standard InChI is InChI=1S/C16H19ClN2O2S/c1-9-6-10(4-5-11(9)17)14-12(8-20)19-7-13(16(2,3)21)22-15(19)18-14/h4-5,7,9,20-21H,6,8H2,1-3H3. The molecule has 1 aliphatic rings. The zero-order valence-electron chi connectivity index (χ0n) is 12.8. The van der Waals surface area contributed by atoms with E-state index in [1.54, 1.807) is 13.8 Å². The molecular formula is C16H19ClN2O2S. The molecule has 2 aromatic heterocycles. The SMILES string of the molecule is CC1CC(c2nc3sc(C(C)(C)O)cn3c2CO)=CC=C1Cl. The van der Waals surface area contributed by atoms with Gasteiger partial charge in [-0.2, -0.15) is 0 Å². The Morgan fingerprint density at radius 1 is 1.45 bits per heavy atom. The molecule has 118 valence electrons. The lowest BCUT2D eigenvalue weighted by Crippen LogP contribution is -2.13. The van der Waals surface area contributed by atoms with Gasteiger partial charge in [0.1, 0.15) is 0 Å². The van der Waals surface area contributed by atoms with E-state index < -0.39 is 5.60 Å². The van der Waals surface area contributed by atoms with Gasteiger partial charge in [-0.3, -0.25) is 4.40 Å². The summed E-state index contributed by atoms with van der Waals surface area (Å²) in [5.41, 5.74) is 1.75. The minimum atomic E-state index is -0.910. The molecule has 0 radical (unpaired) electrons.